The maximum Gasteiger partial charge on any atom is 0.275 e. The standard InChI is InChI=1S/C24H42N2O2.BrH/c1-7-8-10-15-25-24(27)19-26(5,6)16-11-9-12-17-28-23-18-21(4)13-14-22(23)20(2)3;/h13-14,18,20H,7-12,15-17,19H2,1-6H3;1H. The van der Waals surface area contributed by atoms with Gasteiger partial charge in [0.05, 0.1) is 27.2 Å². The first kappa shape index (κ1) is 27.9. The Morgan fingerprint density at radius 2 is 1.83 bits per heavy atom. The lowest BCUT2D eigenvalue weighted by Crippen LogP contribution is -3.00. The van der Waals surface area contributed by atoms with Crippen LogP contribution in [0.4, 0.5) is 0 Å². The molecule has 0 radical (unpaired) electrons. The van der Waals surface area contributed by atoms with Gasteiger partial charge in [0.25, 0.3) is 5.91 Å². The molecule has 0 fully saturated rings. The van der Waals surface area contributed by atoms with Gasteiger partial charge in [0.15, 0.2) is 6.54 Å². The van der Waals surface area contributed by atoms with Gasteiger partial charge in [-0.15, -0.1) is 0 Å². The highest BCUT2D eigenvalue weighted by molar-refractivity contribution is 5.76. The Morgan fingerprint density at radius 3 is 2.48 bits per heavy atom. The van der Waals surface area contributed by atoms with Crippen molar-refractivity contribution in [1.82, 2.24) is 5.32 Å². The normalized spacial score (nSPS) is 11.3. The van der Waals surface area contributed by atoms with Crippen molar-refractivity contribution in [2.75, 3.05) is 40.3 Å². The summed E-state index contributed by atoms with van der Waals surface area (Å²) in [4.78, 5) is 12.1. The summed E-state index contributed by atoms with van der Waals surface area (Å²) in [6.45, 7) is 11.8. The van der Waals surface area contributed by atoms with Crippen LogP contribution in [0.3, 0.4) is 0 Å². The molecule has 0 aliphatic rings. The van der Waals surface area contributed by atoms with Gasteiger partial charge in [0.1, 0.15) is 5.75 Å². The summed E-state index contributed by atoms with van der Waals surface area (Å²) in [5.74, 6) is 1.68. The van der Waals surface area contributed by atoms with E-state index in [1.54, 1.807) is 0 Å². The van der Waals surface area contributed by atoms with Crippen LogP contribution in [0.1, 0.15) is 76.3 Å². The summed E-state index contributed by atoms with van der Waals surface area (Å²) >= 11 is 0. The van der Waals surface area contributed by atoms with E-state index >= 15 is 0 Å². The second-order valence-corrected chi connectivity index (χ2v) is 8.98. The minimum absolute atomic E-state index is 0. The zero-order valence-corrected chi connectivity index (χ0v) is 21.1. The number of benzene rings is 1. The Hall–Kier alpha value is -1.07. The Kier molecular flexibility index (Phi) is 14.3. The molecular weight excluding hydrogens is 428 g/mol. The van der Waals surface area contributed by atoms with Crippen LogP contribution < -0.4 is 27.0 Å². The summed E-state index contributed by atoms with van der Waals surface area (Å²) in [6, 6.07) is 6.49. The summed E-state index contributed by atoms with van der Waals surface area (Å²) in [7, 11) is 4.29. The number of rotatable bonds is 14. The van der Waals surface area contributed by atoms with Gasteiger partial charge in [-0.3, -0.25) is 4.79 Å². The number of hydrogen-bond donors (Lipinski definition) is 1. The molecule has 1 aromatic carbocycles. The number of amides is 1. The number of carbonyl (C=O) groups is 1. The predicted octanol–water partition coefficient (Wildman–Crippen LogP) is 2.05. The maximum absolute atomic E-state index is 12.1. The van der Waals surface area contributed by atoms with Crippen LogP contribution in [0.15, 0.2) is 18.2 Å². The van der Waals surface area contributed by atoms with Crippen molar-refractivity contribution >= 4 is 5.91 Å². The van der Waals surface area contributed by atoms with E-state index in [0.717, 1.165) is 55.6 Å². The molecule has 0 aliphatic carbocycles. The van der Waals surface area contributed by atoms with E-state index < -0.39 is 0 Å². The lowest BCUT2D eigenvalue weighted by molar-refractivity contribution is -0.882. The Morgan fingerprint density at radius 1 is 1.10 bits per heavy atom. The number of aryl methyl sites for hydroxylation is 1. The average molecular weight is 472 g/mol. The lowest BCUT2D eigenvalue weighted by Gasteiger charge is -2.29. The van der Waals surface area contributed by atoms with E-state index in [1.807, 2.05) is 0 Å². The molecule has 0 bridgehead atoms. The number of halogens is 1. The fraction of sp³-hybridized carbons (Fsp3) is 0.708. The molecule has 5 heteroatoms. The highest BCUT2D eigenvalue weighted by Crippen LogP contribution is 2.27. The number of carbonyl (C=O) groups excluding carboxylic acids is 1. The molecule has 1 rings (SSSR count). The van der Waals surface area contributed by atoms with Gasteiger partial charge in [0, 0.05) is 6.54 Å². The molecule has 0 atom stereocenters. The summed E-state index contributed by atoms with van der Waals surface area (Å²) in [5.41, 5.74) is 2.53. The quantitative estimate of drug-likeness (QED) is 0.333. The van der Waals surface area contributed by atoms with Crippen LogP contribution in [0.5, 0.6) is 5.75 Å². The van der Waals surface area contributed by atoms with Crippen molar-refractivity contribution < 1.29 is 31.0 Å². The third-order valence-corrected chi connectivity index (χ3v) is 5.13. The van der Waals surface area contributed by atoms with E-state index in [2.05, 4.69) is 65.3 Å². The third-order valence-electron chi connectivity index (χ3n) is 5.13. The smallest absolute Gasteiger partial charge is 0.275 e. The zero-order valence-electron chi connectivity index (χ0n) is 19.5. The Balaban J connectivity index is 0.00000784. The molecule has 0 aromatic heterocycles. The van der Waals surface area contributed by atoms with Crippen LogP contribution >= 0.6 is 0 Å². The molecule has 0 spiro atoms. The minimum atomic E-state index is 0. The van der Waals surface area contributed by atoms with Gasteiger partial charge < -0.3 is 31.5 Å². The number of nitrogens with one attached hydrogen (secondary N) is 1. The van der Waals surface area contributed by atoms with Gasteiger partial charge in [-0.2, -0.15) is 0 Å². The second-order valence-electron chi connectivity index (χ2n) is 8.98. The third kappa shape index (κ3) is 12.3. The molecule has 0 saturated carbocycles. The number of ether oxygens (including phenoxy) is 1. The van der Waals surface area contributed by atoms with Gasteiger partial charge in [-0.05, 0) is 55.7 Å². The molecule has 29 heavy (non-hydrogen) atoms. The molecular formula is C24H43BrN2O2. The van der Waals surface area contributed by atoms with E-state index in [4.69, 9.17) is 4.74 Å². The number of hydrogen-bond acceptors (Lipinski definition) is 2. The molecule has 1 N–H and O–H groups in total. The molecule has 0 saturated heterocycles. The zero-order chi connectivity index (χ0) is 21.0. The van der Waals surface area contributed by atoms with Gasteiger partial charge >= 0.3 is 0 Å². The summed E-state index contributed by atoms with van der Waals surface area (Å²) < 4.78 is 6.82. The highest BCUT2D eigenvalue weighted by Gasteiger charge is 2.19. The van der Waals surface area contributed by atoms with Crippen molar-refractivity contribution in [3.05, 3.63) is 29.3 Å². The van der Waals surface area contributed by atoms with Crippen LogP contribution in [0.2, 0.25) is 0 Å². The fourth-order valence-corrected chi connectivity index (χ4v) is 3.37. The first-order chi connectivity index (χ1) is 13.2. The van der Waals surface area contributed by atoms with Crippen LogP contribution in [0.25, 0.3) is 0 Å². The van der Waals surface area contributed by atoms with E-state index in [0.29, 0.717) is 12.5 Å². The molecule has 1 amide bonds. The number of nitrogens with zero attached hydrogens (tertiary/aromatic N) is 1. The molecule has 168 valence electrons. The Labute approximate surface area is 189 Å². The predicted molar refractivity (Wildman–Crippen MR) is 119 cm³/mol. The first-order valence-corrected chi connectivity index (χ1v) is 11.1. The lowest BCUT2D eigenvalue weighted by atomic mass is 10.0. The van der Waals surface area contributed by atoms with Crippen LogP contribution in [-0.4, -0.2) is 50.7 Å². The number of quaternary nitrogens is 1. The van der Waals surface area contributed by atoms with Crippen LogP contribution in [-0.2, 0) is 4.79 Å². The monoisotopic (exact) mass is 470 g/mol. The largest absolute Gasteiger partial charge is 1.00 e. The fourth-order valence-electron chi connectivity index (χ4n) is 3.37. The Bertz CT molecular complexity index is 588. The van der Waals surface area contributed by atoms with E-state index in [-0.39, 0.29) is 22.9 Å². The van der Waals surface area contributed by atoms with E-state index in [9.17, 15) is 4.79 Å². The van der Waals surface area contributed by atoms with Crippen molar-refractivity contribution in [2.45, 2.75) is 72.1 Å². The van der Waals surface area contributed by atoms with E-state index in [1.165, 1.54) is 24.0 Å². The number of unbranched alkanes of at least 4 members (excludes halogenated alkanes) is 4. The maximum atomic E-state index is 12.1. The minimum Gasteiger partial charge on any atom is -1.00 e. The molecule has 1 aromatic rings. The molecule has 0 aliphatic heterocycles. The van der Waals surface area contributed by atoms with Crippen molar-refractivity contribution in [2.24, 2.45) is 0 Å². The van der Waals surface area contributed by atoms with Crippen molar-refractivity contribution in [3.63, 3.8) is 0 Å². The SMILES string of the molecule is CCCCCNC(=O)C[N+](C)(C)CCCCCOc1cc(C)ccc1C(C)C.[Br-]. The van der Waals surface area contributed by atoms with Crippen molar-refractivity contribution in [1.29, 1.82) is 0 Å². The first-order valence-electron chi connectivity index (χ1n) is 11.1. The molecule has 4 nitrogen and oxygen atoms in total. The van der Waals surface area contributed by atoms with Crippen molar-refractivity contribution in [3.8, 4) is 5.75 Å². The summed E-state index contributed by atoms with van der Waals surface area (Å²) in [6.07, 6.45) is 6.74. The van der Waals surface area contributed by atoms with Gasteiger partial charge in [0.2, 0.25) is 0 Å². The summed E-state index contributed by atoms with van der Waals surface area (Å²) in [5, 5.41) is 3.05. The van der Waals surface area contributed by atoms with Gasteiger partial charge in [-0.25, -0.2) is 0 Å². The highest BCUT2D eigenvalue weighted by atomic mass is 79.9. The molecule has 0 heterocycles. The second kappa shape index (κ2) is 14.8. The molecule has 0 unspecified atom stereocenters. The van der Waals surface area contributed by atoms with Crippen LogP contribution in [0, 0.1) is 6.92 Å². The van der Waals surface area contributed by atoms with Gasteiger partial charge in [-0.1, -0.05) is 45.7 Å². The topological polar surface area (TPSA) is 38.3 Å². The number of likely N-dealkylation sites (N-methyl/N-ethyl adjacent to an activating group) is 1. The average Bonchev–Trinajstić information content (AvgIpc) is 2.61.